The van der Waals surface area contributed by atoms with Crippen LogP contribution in [0, 0.1) is 5.92 Å². The Morgan fingerprint density at radius 1 is 1.07 bits per heavy atom. The molecule has 0 radical (unpaired) electrons. The van der Waals surface area contributed by atoms with E-state index in [1.165, 1.54) is 29.5 Å². The molecule has 70 valence electrons. The van der Waals surface area contributed by atoms with Crippen molar-refractivity contribution in [2.75, 3.05) is 0 Å². The van der Waals surface area contributed by atoms with Crippen molar-refractivity contribution in [1.29, 1.82) is 0 Å². The van der Waals surface area contributed by atoms with Crippen LogP contribution >= 0.6 is 0 Å². The largest absolute Gasteiger partial charge is 0.0779 e. The zero-order chi connectivity index (χ0) is 9.38. The maximum absolute atomic E-state index is 2.45. The number of allylic oxidation sites excluding steroid dienone is 3. The molecule has 0 heteroatoms. The van der Waals surface area contributed by atoms with Crippen LogP contribution in [0.2, 0.25) is 0 Å². The summed E-state index contributed by atoms with van der Waals surface area (Å²) in [5, 5.41) is 0. The van der Waals surface area contributed by atoms with Crippen molar-refractivity contribution in [3.05, 3.63) is 53.1 Å². The van der Waals surface area contributed by atoms with Gasteiger partial charge in [-0.05, 0) is 41.9 Å². The molecule has 14 heavy (non-hydrogen) atoms. The van der Waals surface area contributed by atoms with Crippen LogP contribution in [0.3, 0.4) is 0 Å². The van der Waals surface area contributed by atoms with Gasteiger partial charge in [0.2, 0.25) is 0 Å². The fourth-order valence-electron chi connectivity index (χ4n) is 2.01. The fraction of sp³-hybridized carbons (Fsp3) is 0.286. The van der Waals surface area contributed by atoms with Gasteiger partial charge in [0, 0.05) is 0 Å². The van der Waals surface area contributed by atoms with Crippen molar-refractivity contribution in [2.45, 2.75) is 19.3 Å². The molecule has 1 fully saturated rings. The van der Waals surface area contributed by atoms with Gasteiger partial charge in [-0.3, -0.25) is 0 Å². The van der Waals surface area contributed by atoms with Gasteiger partial charge in [0.1, 0.15) is 0 Å². The van der Waals surface area contributed by atoms with Crippen LogP contribution in [0.1, 0.15) is 24.0 Å². The highest BCUT2D eigenvalue weighted by Gasteiger charge is 2.19. The summed E-state index contributed by atoms with van der Waals surface area (Å²) in [6.07, 6.45) is 10.9. The molecule has 0 spiro atoms. The zero-order valence-electron chi connectivity index (χ0n) is 8.24. The number of hydrogen-bond acceptors (Lipinski definition) is 0. The van der Waals surface area contributed by atoms with Gasteiger partial charge in [0.25, 0.3) is 0 Å². The first-order valence-corrected chi connectivity index (χ1v) is 5.38. The third-order valence-electron chi connectivity index (χ3n) is 3.00. The van der Waals surface area contributed by atoms with Crippen LogP contribution in [0.5, 0.6) is 0 Å². The van der Waals surface area contributed by atoms with E-state index < -0.39 is 0 Å². The number of benzene rings is 1. The minimum Gasteiger partial charge on any atom is -0.0779 e. The lowest BCUT2D eigenvalue weighted by atomic mass is 9.93. The van der Waals surface area contributed by atoms with E-state index in [9.17, 15) is 0 Å². The maximum Gasteiger partial charge on any atom is -0.00229 e. The maximum atomic E-state index is 2.45. The van der Waals surface area contributed by atoms with Gasteiger partial charge in [0.15, 0.2) is 0 Å². The summed E-state index contributed by atoms with van der Waals surface area (Å²) < 4.78 is 0. The molecule has 1 aromatic rings. The molecule has 2 aliphatic carbocycles. The van der Waals surface area contributed by atoms with E-state index in [1.54, 1.807) is 0 Å². The third kappa shape index (κ3) is 1.52. The molecule has 0 atom stereocenters. The van der Waals surface area contributed by atoms with Crippen molar-refractivity contribution in [3.8, 4) is 0 Å². The van der Waals surface area contributed by atoms with Crippen LogP contribution < -0.4 is 0 Å². The Kier molecular flexibility index (Phi) is 1.80. The summed E-state index contributed by atoms with van der Waals surface area (Å²) >= 11 is 0. The Labute approximate surface area is 85.0 Å². The molecule has 0 aliphatic heterocycles. The minimum absolute atomic E-state index is 0.889. The zero-order valence-corrected chi connectivity index (χ0v) is 8.24. The molecule has 0 amide bonds. The predicted octanol–water partition coefficient (Wildman–Crippen LogP) is 3.59. The van der Waals surface area contributed by atoms with E-state index in [0.29, 0.717) is 0 Å². The van der Waals surface area contributed by atoms with Crippen LogP contribution in [0.4, 0.5) is 0 Å². The average molecular weight is 182 g/mol. The van der Waals surface area contributed by atoms with Crippen molar-refractivity contribution in [3.63, 3.8) is 0 Å². The summed E-state index contributed by atoms with van der Waals surface area (Å²) in [6.45, 7) is 0. The average Bonchev–Trinajstić information content (AvgIpc) is 3.02. The smallest absolute Gasteiger partial charge is 0.00229 e. The van der Waals surface area contributed by atoms with Gasteiger partial charge in [0.05, 0.1) is 0 Å². The summed E-state index contributed by atoms with van der Waals surface area (Å²) in [5.41, 5.74) is 4.37. The molecule has 0 heterocycles. The van der Waals surface area contributed by atoms with Gasteiger partial charge in [-0.1, -0.05) is 42.5 Å². The highest BCUT2D eigenvalue weighted by atomic mass is 14.2. The van der Waals surface area contributed by atoms with Crippen molar-refractivity contribution < 1.29 is 0 Å². The predicted molar refractivity (Wildman–Crippen MR) is 60.0 cm³/mol. The van der Waals surface area contributed by atoms with E-state index in [0.717, 1.165) is 12.3 Å². The second kappa shape index (κ2) is 3.13. The molecular weight excluding hydrogens is 168 g/mol. The molecule has 1 saturated carbocycles. The minimum atomic E-state index is 0.889. The molecule has 1 aromatic carbocycles. The second-order valence-corrected chi connectivity index (χ2v) is 4.29. The van der Waals surface area contributed by atoms with E-state index in [4.69, 9.17) is 0 Å². The van der Waals surface area contributed by atoms with Crippen LogP contribution in [0.15, 0.2) is 42.0 Å². The topological polar surface area (TPSA) is 0 Å². The molecule has 0 nitrogen and oxygen atoms in total. The SMILES string of the molecule is C1=Cc2ccccc2CC1=CC1CC1. The molecule has 0 bridgehead atoms. The van der Waals surface area contributed by atoms with Crippen LogP contribution in [0.25, 0.3) is 6.08 Å². The molecule has 3 rings (SSSR count). The highest BCUT2D eigenvalue weighted by Crippen LogP contribution is 2.33. The molecular formula is C14H14. The first-order chi connectivity index (χ1) is 6.92. The Balaban J connectivity index is 1.92. The number of hydrogen-bond donors (Lipinski definition) is 0. The lowest BCUT2D eigenvalue weighted by Gasteiger charge is -2.12. The quantitative estimate of drug-likeness (QED) is 0.622. The Morgan fingerprint density at radius 2 is 1.93 bits per heavy atom. The van der Waals surface area contributed by atoms with Crippen molar-refractivity contribution in [1.82, 2.24) is 0 Å². The van der Waals surface area contributed by atoms with Gasteiger partial charge in [-0.25, -0.2) is 0 Å². The normalized spacial score (nSPS) is 22.4. The first kappa shape index (κ1) is 8.05. The van der Waals surface area contributed by atoms with Crippen LogP contribution in [-0.4, -0.2) is 0 Å². The highest BCUT2D eigenvalue weighted by molar-refractivity contribution is 5.61. The lowest BCUT2D eigenvalue weighted by molar-refractivity contribution is 1.06. The van der Waals surface area contributed by atoms with Crippen LogP contribution in [-0.2, 0) is 6.42 Å². The second-order valence-electron chi connectivity index (χ2n) is 4.29. The van der Waals surface area contributed by atoms with Gasteiger partial charge >= 0.3 is 0 Å². The van der Waals surface area contributed by atoms with Gasteiger partial charge in [-0.2, -0.15) is 0 Å². The monoisotopic (exact) mass is 182 g/mol. The van der Waals surface area contributed by atoms with Crippen molar-refractivity contribution in [2.24, 2.45) is 5.92 Å². The van der Waals surface area contributed by atoms with E-state index >= 15 is 0 Å². The summed E-state index contributed by atoms with van der Waals surface area (Å²) in [7, 11) is 0. The Bertz CT molecular complexity index is 406. The number of fused-ring (bicyclic) bond motifs is 1. The Morgan fingerprint density at radius 3 is 2.79 bits per heavy atom. The molecule has 0 aromatic heterocycles. The van der Waals surface area contributed by atoms with E-state index in [-0.39, 0.29) is 0 Å². The summed E-state index contributed by atoms with van der Waals surface area (Å²) in [4.78, 5) is 0. The van der Waals surface area contributed by atoms with Crippen molar-refractivity contribution >= 4 is 6.08 Å². The number of rotatable bonds is 1. The molecule has 0 unspecified atom stereocenters. The fourth-order valence-corrected chi connectivity index (χ4v) is 2.01. The molecule has 2 aliphatic rings. The van der Waals surface area contributed by atoms with E-state index in [1.807, 2.05) is 0 Å². The Hall–Kier alpha value is -1.30. The lowest BCUT2D eigenvalue weighted by Crippen LogP contribution is -1.96. The summed E-state index contributed by atoms with van der Waals surface area (Å²) in [5.74, 6) is 0.889. The van der Waals surface area contributed by atoms with Gasteiger partial charge < -0.3 is 0 Å². The first-order valence-electron chi connectivity index (χ1n) is 5.38. The molecule has 0 saturated heterocycles. The summed E-state index contributed by atoms with van der Waals surface area (Å²) in [6, 6.07) is 8.67. The molecule has 0 N–H and O–H groups in total. The standard InChI is InChI=1S/C14H14/c1-2-4-14-10-12(9-11-5-6-11)7-8-13(14)3-1/h1-4,7-9,11H,5-6,10H2. The van der Waals surface area contributed by atoms with E-state index in [2.05, 4.69) is 42.5 Å². The van der Waals surface area contributed by atoms with Gasteiger partial charge in [-0.15, -0.1) is 0 Å². The third-order valence-corrected chi connectivity index (χ3v) is 3.00.